The van der Waals surface area contributed by atoms with Crippen LogP contribution in [-0.2, 0) is 6.54 Å². The number of hydrogen-bond donors (Lipinski definition) is 1. The van der Waals surface area contributed by atoms with Gasteiger partial charge in [0, 0.05) is 12.7 Å². The van der Waals surface area contributed by atoms with Gasteiger partial charge in [0.25, 0.3) is 5.89 Å². The van der Waals surface area contributed by atoms with Crippen LogP contribution in [0.4, 0.5) is 5.82 Å². The molecule has 3 heterocycles. The predicted molar refractivity (Wildman–Crippen MR) is 63.6 cm³/mol. The Morgan fingerprint density at radius 2 is 2.16 bits per heavy atom. The first-order valence-electron chi connectivity index (χ1n) is 5.65. The second-order valence-corrected chi connectivity index (χ2v) is 3.91. The molecular formula is C10H11N7O2. The zero-order valence-corrected chi connectivity index (χ0v) is 10.4. The van der Waals surface area contributed by atoms with Crippen LogP contribution >= 0.6 is 0 Å². The monoisotopic (exact) mass is 261 g/mol. The first-order valence-corrected chi connectivity index (χ1v) is 5.65. The van der Waals surface area contributed by atoms with E-state index in [4.69, 9.17) is 10.3 Å². The van der Waals surface area contributed by atoms with Crippen LogP contribution in [0.1, 0.15) is 12.6 Å². The lowest BCUT2D eigenvalue weighted by atomic mass is 10.2. The summed E-state index contributed by atoms with van der Waals surface area (Å²) in [7, 11) is 0. The molecule has 3 aromatic heterocycles. The summed E-state index contributed by atoms with van der Waals surface area (Å²) in [5.74, 6) is 0.709. The van der Waals surface area contributed by atoms with E-state index in [9.17, 15) is 0 Å². The fraction of sp³-hybridized carbons (Fsp3) is 0.300. The molecule has 0 unspecified atom stereocenters. The minimum atomic E-state index is 0.119. The minimum Gasteiger partial charge on any atom is -0.379 e. The van der Waals surface area contributed by atoms with Gasteiger partial charge < -0.3 is 10.3 Å². The molecule has 0 radical (unpaired) electrons. The van der Waals surface area contributed by atoms with Gasteiger partial charge >= 0.3 is 0 Å². The average molecular weight is 261 g/mol. The maximum absolute atomic E-state index is 5.57. The van der Waals surface area contributed by atoms with Crippen molar-refractivity contribution in [1.29, 1.82) is 0 Å². The zero-order chi connectivity index (χ0) is 13.4. The van der Waals surface area contributed by atoms with Crippen molar-refractivity contribution in [1.82, 2.24) is 30.2 Å². The summed E-state index contributed by atoms with van der Waals surface area (Å²) >= 11 is 0. The summed E-state index contributed by atoms with van der Waals surface area (Å²) in [4.78, 5) is 4.22. The fourth-order valence-corrected chi connectivity index (χ4v) is 1.67. The molecule has 9 nitrogen and oxygen atoms in total. The zero-order valence-electron chi connectivity index (χ0n) is 10.4. The third-order valence-corrected chi connectivity index (χ3v) is 2.65. The van der Waals surface area contributed by atoms with E-state index in [-0.39, 0.29) is 17.3 Å². The molecule has 19 heavy (non-hydrogen) atoms. The lowest BCUT2D eigenvalue weighted by Crippen LogP contribution is -1.93. The highest BCUT2D eigenvalue weighted by atomic mass is 16.6. The van der Waals surface area contributed by atoms with Crippen molar-refractivity contribution < 1.29 is 9.15 Å². The third kappa shape index (κ3) is 1.84. The molecular weight excluding hydrogens is 250 g/mol. The molecule has 0 fully saturated rings. The Hall–Kier alpha value is -2.71. The highest BCUT2D eigenvalue weighted by Gasteiger charge is 2.19. The highest BCUT2D eigenvalue weighted by Crippen LogP contribution is 2.25. The van der Waals surface area contributed by atoms with Crippen molar-refractivity contribution in [2.24, 2.45) is 0 Å². The number of aryl methyl sites for hydroxylation is 2. The molecule has 0 bridgehead atoms. The molecule has 0 atom stereocenters. The Morgan fingerprint density at radius 3 is 2.79 bits per heavy atom. The Kier molecular flexibility index (Phi) is 2.51. The number of nitrogen functional groups attached to an aromatic ring is 1. The largest absolute Gasteiger partial charge is 0.379 e. The van der Waals surface area contributed by atoms with Crippen molar-refractivity contribution in [3.05, 3.63) is 11.9 Å². The molecule has 0 saturated heterocycles. The van der Waals surface area contributed by atoms with Gasteiger partial charge in [0.2, 0.25) is 5.82 Å². The number of aromatic nitrogens is 6. The van der Waals surface area contributed by atoms with Crippen LogP contribution in [0.2, 0.25) is 0 Å². The van der Waals surface area contributed by atoms with Crippen molar-refractivity contribution >= 4 is 5.82 Å². The normalized spacial score (nSPS) is 11.1. The maximum atomic E-state index is 5.57. The summed E-state index contributed by atoms with van der Waals surface area (Å²) in [6.45, 7) is 4.64. The fourth-order valence-electron chi connectivity index (χ4n) is 1.67. The molecule has 0 aliphatic rings. The molecule has 3 aromatic rings. The number of anilines is 1. The topological polar surface area (TPSA) is 122 Å². The first kappa shape index (κ1) is 11.4. The van der Waals surface area contributed by atoms with Gasteiger partial charge in [-0.1, -0.05) is 5.16 Å². The molecule has 0 aromatic carbocycles. The SMILES string of the molecule is CCn1cc(-c2nc(-c3nonc3N)no2)c(C)n1. The molecule has 9 heteroatoms. The Morgan fingerprint density at radius 1 is 1.32 bits per heavy atom. The Bertz CT molecular complexity index is 711. The van der Waals surface area contributed by atoms with E-state index in [0.717, 1.165) is 17.8 Å². The minimum absolute atomic E-state index is 0.119. The standard InChI is InChI=1S/C10H11N7O2/c1-3-17-4-6(5(2)13-17)10-12-9(16-18-10)7-8(11)15-19-14-7/h4H,3H2,1-2H3,(H2,11,15). The van der Waals surface area contributed by atoms with Crippen molar-refractivity contribution in [3.8, 4) is 23.0 Å². The van der Waals surface area contributed by atoms with Crippen molar-refractivity contribution in [2.45, 2.75) is 20.4 Å². The third-order valence-electron chi connectivity index (χ3n) is 2.65. The van der Waals surface area contributed by atoms with Gasteiger partial charge in [-0.2, -0.15) is 10.1 Å². The lowest BCUT2D eigenvalue weighted by Gasteiger charge is -1.89. The van der Waals surface area contributed by atoms with Gasteiger partial charge in [-0.25, -0.2) is 4.63 Å². The van der Waals surface area contributed by atoms with Crippen LogP contribution in [0.15, 0.2) is 15.3 Å². The van der Waals surface area contributed by atoms with Crippen molar-refractivity contribution in [2.75, 3.05) is 5.73 Å². The van der Waals surface area contributed by atoms with Crippen LogP contribution in [0.3, 0.4) is 0 Å². The van der Waals surface area contributed by atoms with Gasteiger partial charge in [-0.3, -0.25) is 4.68 Å². The second kappa shape index (κ2) is 4.19. The molecule has 0 aliphatic carbocycles. The molecule has 0 aliphatic heterocycles. The van der Waals surface area contributed by atoms with Crippen molar-refractivity contribution in [3.63, 3.8) is 0 Å². The van der Waals surface area contributed by atoms with Crippen LogP contribution in [-0.4, -0.2) is 30.2 Å². The second-order valence-electron chi connectivity index (χ2n) is 3.91. The van der Waals surface area contributed by atoms with E-state index in [0.29, 0.717) is 5.89 Å². The summed E-state index contributed by atoms with van der Waals surface area (Å²) in [6.07, 6.45) is 1.84. The smallest absolute Gasteiger partial charge is 0.261 e. The molecule has 0 saturated carbocycles. The Labute approximate surface area is 107 Å². The summed E-state index contributed by atoms with van der Waals surface area (Å²) in [5, 5.41) is 15.2. The molecule has 0 spiro atoms. The Balaban J connectivity index is 2.01. The quantitative estimate of drug-likeness (QED) is 0.737. The van der Waals surface area contributed by atoms with E-state index < -0.39 is 0 Å². The van der Waals surface area contributed by atoms with Gasteiger partial charge in [-0.15, -0.1) is 0 Å². The summed E-state index contributed by atoms with van der Waals surface area (Å²) < 4.78 is 11.5. The number of nitrogens with zero attached hydrogens (tertiary/aromatic N) is 6. The summed E-state index contributed by atoms with van der Waals surface area (Å²) in [6, 6.07) is 0. The van der Waals surface area contributed by atoms with Crippen LogP contribution in [0, 0.1) is 6.92 Å². The maximum Gasteiger partial charge on any atom is 0.261 e. The number of rotatable bonds is 3. The van der Waals surface area contributed by atoms with Gasteiger partial charge in [0.15, 0.2) is 11.5 Å². The predicted octanol–water partition coefficient (Wildman–Crippen LogP) is 0.894. The van der Waals surface area contributed by atoms with Gasteiger partial charge in [0.1, 0.15) is 0 Å². The van der Waals surface area contributed by atoms with E-state index in [2.05, 4.69) is 30.2 Å². The first-order chi connectivity index (χ1) is 9.19. The highest BCUT2D eigenvalue weighted by molar-refractivity contribution is 5.64. The lowest BCUT2D eigenvalue weighted by molar-refractivity contribution is 0.310. The van der Waals surface area contributed by atoms with Crippen LogP contribution in [0.25, 0.3) is 23.0 Å². The molecule has 2 N–H and O–H groups in total. The van der Waals surface area contributed by atoms with Gasteiger partial charge in [0.05, 0.1) is 11.3 Å². The number of hydrogen-bond acceptors (Lipinski definition) is 8. The molecule has 98 valence electrons. The van der Waals surface area contributed by atoms with E-state index in [1.165, 1.54) is 0 Å². The van der Waals surface area contributed by atoms with Crippen LogP contribution < -0.4 is 5.73 Å². The van der Waals surface area contributed by atoms with Crippen LogP contribution in [0.5, 0.6) is 0 Å². The molecule has 3 rings (SSSR count). The molecule has 0 amide bonds. The van der Waals surface area contributed by atoms with E-state index in [1.54, 1.807) is 4.68 Å². The van der Waals surface area contributed by atoms with Gasteiger partial charge in [-0.05, 0) is 24.2 Å². The number of nitrogens with two attached hydrogens (primary N) is 1. The average Bonchev–Trinajstić information content (AvgIpc) is 3.07. The van der Waals surface area contributed by atoms with E-state index in [1.807, 2.05) is 20.0 Å². The summed E-state index contributed by atoms with van der Waals surface area (Å²) in [5.41, 5.74) is 7.41. The van der Waals surface area contributed by atoms with E-state index >= 15 is 0 Å².